The molecule has 0 unspecified atom stereocenters. The smallest absolute Gasteiger partial charge is 0.303 e. The Labute approximate surface area is 226 Å². The fraction of sp³-hybridized carbons (Fsp3) is 0.182. The Kier molecular flexibility index (Phi) is 5.65. The minimum atomic E-state index is -0.483. The molecule has 0 amide bonds. The molecule has 2 heterocycles. The highest BCUT2D eigenvalue weighted by Gasteiger charge is 2.20. The number of aryl methyl sites for hydroxylation is 6. The van der Waals surface area contributed by atoms with Crippen molar-refractivity contribution >= 4 is 21.8 Å². The van der Waals surface area contributed by atoms with E-state index in [4.69, 9.17) is 5.10 Å². The normalized spacial score (nSPS) is 11.5. The Morgan fingerprint density at radius 3 is 2.00 bits per heavy atom. The number of aromatic nitrogens is 4. The van der Waals surface area contributed by atoms with E-state index in [0.717, 1.165) is 44.3 Å². The highest BCUT2D eigenvalue weighted by atomic mass is 16.2. The van der Waals surface area contributed by atoms with E-state index in [0.29, 0.717) is 22.4 Å². The van der Waals surface area contributed by atoms with Crippen LogP contribution >= 0.6 is 0 Å². The maximum absolute atomic E-state index is 14.1. The van der Waals surface area contributed by atoms with Gasteiger partial charge in [0.2, 0.25) is 0 Å². The molecule has 0 radical (unpaired) electrons. The highest BCUT2D eigenvalue weighted by molar-refractivity contribution is 5.88. The topological polar surface area (TPSA) is 72.7 Å². The van der Waals surface area contributed by atoms with E-state index in [2.05, 4.69) is 62.2 Å². The molecule has 0 aliphatic heterocycles. The maximum atomic E-state index is 14.1. The summed E-state index contributed by atoms with van der Waals surface area (Å²) < 4.78 is 2.90. The zero-order valence-electron chi connectivity index (χ0n) is 23.0. The molecule has 2 aromatic heterocycles. The van der Waals surface area contributed by atoms with Crippen molar-refractivity contribution in [3.8, 4) is 22.5 Å². The summed E-state index contributed by atoms with van der Waals surface area (Å²) >= 11 is 0. The molecule has 6 heteroatoms. The van der Waals surface area contributed by atoms with E-state index in [9.17, 15) is 9.59 Å². The third-order valence-electron chi connectivity index (χ3n) is 7.79. The predicted octanol–water partition coefficient (Wildman–Crippen LogP) is 6.54. The van der Waals surface area contributed by atoms with Gasteiger partial charge in [-0.1, -0.05) is 42.5 Å². The number of benzene rings is 4. The van der Waals surface area contributed by atoms with Gasteiger partial charge >= 0.3 is 5.69 Å². The molecular weight excluding hydrogens is 484 g/mol. The highest BCUT2D eigenvalue weighted by Crippen LogP contribution is 2.29. The molecule has 0 saturated carbocycles. The molecule has 6 rings (SSSR count). The standard InChI is InChI=1S/C33H30N4O2/c1-18-9-7-8-10-27(18)24-11-12-28(21(4)15-24)36-32(38)31-30(34-33(36)39)23(6)35-37(31)29-17-26-14-20(3)19(2)13-25(26)16-22(29)5/h7-17H,1-6H3,(H,34,39). The molecule has 6 nitrogen and oxygen atoms in total. The second-order valence-electron chi connectivity index (χ2n) is 10.5. The van der Waals surface area contributed by atoms with Crippen molar-refractivity contribution in [2.75, 3.05) is 0 Å². The average Bonchev–Trinajstić information content (AvgIpc) is 3.22. The van der Waals surface area contributed by atoms with Crippen LogP contribution in [0.2, 0.25) is 0 Å². The Morgan fingerprint density at radius 1 is 0.667 bits per heavy atom. The number of hydrogen-bond acceptors (Lipinski definition) is 3. The van der Waals surface area contributed by atoms with Gasteiger partial charge in [-0.15, -0.1) is 0 Å². The molecule has 0 atom stereocenters. The van der Waals surface area contributed by atoms with Crippen LogP contribution in [0.5, 0.6) is 0 Å². The summed E-state index contributed by atoms with van der Waals surface area (Å²) in [5, 5.41) is 6.94. The summed E-state index contributed by atoms with van der Waals surface area (Å²) in [5.41, 5.74) is 9.46. The van der Waals surface area contributed by atoms with Gasteiger partial charge in [0.15, 0.2) is 5.52 Å². The minimum absolute atomic E-state index is 0.348. The molecule has 0 bridgehead atoms. The second kappa shape index (κ2) is 8.95. The summed E-state index contributed by atoms with van der Waals surface area (Å²) in [6.07, 6.45) is 0. The number of aromatic amines is 1. The van der Waals surface area contributed by atoms with E-state index >= 15 is 0 Å². The van der Waals surface area contributed by atoms with E-state index in [-0.39, 0.29) is 0 Å². The predicted molar refractivity (Wildman–Crippen MR) is 159 cm³/mol. The SMILES string of the molecule is Cc1cc2cc(C)c(-n3nc(C)c4[nH]c(=O)n(-c5ccc(-c6ccccc6C)cc5C)c(=O)c43)cc2cc1C. The maximum Gasteiger partial charge on any atom is 0.333 e. The van der Waals surface area contributed by atoms with Crippen molar-refractivity contribution in [1.29, 1.82) is 0 Å². The van der Waals surface area contributed by atoms with Crippen molar-refractivity contribution in [1.82, 2.24) is 19.3 Å². The van der Waals surface area contributed by atoms with Gasteiger partial charge < -0.3 is 4.98 Å². The number of hydrogen-bond donors (Lipinski definition) is 1. The molecule has 0 aliphatic rings. The lowest BCUT2D eigenvalue weighted by molar-refractivity contribution is 0.854. The van der Waals surface area contributed by atoms with Crippen LogP contribution in [0.15, 0.2) is 76.3 Å². The second-order valence-corrected chi connectivity index (χ2v) is 10.5. The van der Waals surface area contributed by atoms with Crippen molar-refractivity contribution in [2.24, 2.45) is 0 Å². The number of nitrogens with zero attached hydrogens (tertiary/aromatic N) is 3. The van der Waals surface area contributed by atoms with Gasteiger partial charge in [-0.25, -0.2) is 14.0 Å². The zero-order valence-corrected chi connectivity index (χ0v) is 23.0. The van der Waals surface area contributed by atoms with Crippen molar-refractivity contribution in [2.45, 2.75) is 41.5 Å². The Bertz CT molecular complexity index is 2080. The molecule has 4 aromatic carbocycles. The largest absolute Gasteiger partial charge is 0.333 e. The quantitative estimate of drug-likeness (QED) is 0.292. The first kappa shape index (κ1) is 24.6. The Hall–Kier alpha value is -4.71. The molecule has 0 aliphatic carbocycles. The van der Waals surface area contributed by atoms with Gasteiger partial charge in [0.05, 0.1) is 22.6 Å². The lowest BCUT2D eigenvalue weighted by Gasteiger charge is -2.13. The Balaban J connectivity index is 1.58. The summed E-state index contributed by atoms with van der Waals surface area (Å²) in [5.74, 6) is 0. The number of rotatable bonds is 3. The summed E-state index contributed by atoms with van der Waals surface area (Å²) in [7, 11) is 0. The van der Waals surface area contributed by atoms with Crippen LogP contribution in [0.4, 0.5) is 0 Å². The first-order valence-electron chi connectivity index (χ1n) is 13.1. The first-order chi connectivity index (χ1) is 18.6. The fourth-order valence-corrected chi connectivity index (χ4v) is 5.51. The van der Waals surface area contributed by atoms with Crippen LogP contribution in [-0.2, 0) is 0 Å². The third-order valence-corrected chi connectivity index (χ3v) is 7.79. The Morgan fingerprint density at radius 2 is 1.31 bits per heavy atom. The van der Waals surface area contributed by atoms with Crippen LogP contribution in [-0.4, -0.2) is 19.3 Å². The van der Waals surface area contributed by atoms with Gasteiger partial charge in [0.1, 0.15) is 0 Å². The van der Waals surface area contributed by atoms with E-state index in [1.165, 1.54) is 15.7 Å². The van der Waals surface area contributed by atoms with Crippen LogP contribution in [0.1, 0.15) is 33.5 Å². The lowest BCUT2D eigenvalue weighted by Crippen LogP contribution is -2.34. The zero-order chi connectivity index (χ0) is 27.6. The van der Waals surface area contributed by atoms with E-state index in [1.54, 1.807) is 4.68 Å². The van der Waals surface area contributed by atoms with Crippen molar-refractivity contribution in [3.63, 3.8) is 0 Å². The number of fused-ring (bicyclic) bond motifs is 2. The molecule has 6 aromatic rings. The minimum Gasteiger partial charge on any atom is -0.303 e. The average molecular weight is 515 g/mol. The summed E-state index contributed by atoms with van der Waals surface area (Å²) in [6.45, 7) is 12.0. The van der Waals surface area contributed by atoms with Crippen LogP contribution in [0.25, 0.3) is 44.3 Å². The summed E-state index contributed by atoms with van der Waals surface area (Å²) in [6, 6.07) is 22.5. The monoisotopic (exact) mass is 514 g/mol. The molecule has 39 heavy (non-hydrogen) atoms. The molecule has 0 fully saturated rings. The molecule has 0 spiro atoms. The van der Waals surface area contributed by atoms with Crippen LogP contribution < -0.4 is 11.2 Å². The summed E-state index contributed by atoms with van der Waals surface area (Å²) in [4.78, 5) is 30.3. The van der Waals surface area contributed by atoms with E-state index < -0.39 is 11.2 Å². The molecule has 0 saturated heterocycles. The van der Waals surface area contributed by atoms with Crippen molar-refractivity contribution in [3.05, 3.63) is 121 Å². The molecule has 1 N–H and O–H groups in total. The van der Waals surface area contributed by atoms with Gasteiger partial charge in [-0.3, -0.25) is 4.79 Å². The number of nitrogens with one attached hydrogen (secondary N) is 1. The van der Waals surface area contributed by atoms with Gasteiger partial charge in [0, 0.05) is 0 Å². The lowest BCUT2D eigenvalue weighted by atomic mass is 9.98. The van der Waals surface area contributed by atoms with Gasteiger partial charge in [-0.2, -0.15) is 5.10 Å². The van der Waals surface area contributed by atoms with E-state index in [1.807, 2.05) is 51.1 Å². The van der Waals surface area contributed by atoms with Gasteiger partial charge in [0.25, 0.3) is 5.56 Å². The third kappa shape index (κ3) is 3.91. The molecule has 194 valence electrons. The number of H-pyrrole nitrogens is 1. The molecular formula is C33H30N4O2. The fourth-order valence-electron chi connectivity index (χ4n) is 5.51. The van der Waals surface area contributed by atoms with Crippen LogP contribution in [0.3, 0.4) is 0 Å². The van der Waals surface area contributed by atoms with Crippen LogP contribution in [0, 0.1) is 41.5 Å². The van der Waals surface area contributed by atoms with Gasteiger partial charge in [-0.05, 0) is 116 Å². The van der Waals surface area contributed by atoms with Crippen molar-refractivity contribution < 1.29 is 0 Å². The first-order valence-corrected chi connectivity index (χ1v) is 13.1.